The van der Waals surface area contributed by atoms with Gasteiger partial charge >= 0.3 is 0 Å². The average Bonchev–Trinajstić information content (AvgIpc) is 4.07. The highest BCUT2D eigenvalue weighted by molar-refractivity contribution is 6.26. The number of hydrogen-bond donors (Lipinski definition) is 0. The van der Waals surface area contributed by atoms with Crippen LogP contribution in [0.1, 0.15) is 0 Å². The van der Waals surface area contributed by atoms with Gasteiger partial charge < -0.3 is 9.13 Å². The molecule has 4 heterocycles. The van der Waals surface area contributed by atoms with Crippen LogP contribution in [0.2, 0.25) is 0 Å². The molecule has 6 heteroatoms. The van der Waals surface area contributed by atoms with Gasteiger partial charge in [0.2, 0.25) is 5.95 Å². The summed E-state index contributed by atoms with van der Waals surface area (Å²) in [5, 5.41) is 6.85. The second-order valence-electron chi connectivity index (χ2n) is 17.6. The van der Waals surface area contributed by atoms with Crippen LogP contribution in [-0.4, -0.2) is 28.7 Å². The summed E-state index contributed by atoms with van der Waals surface area (Å²) < 4.78 is 7.22. The SMILES string of the molecule is c1ccc(-c2ccc(-n3c4ccccc4c4c(-n5c6ccccc6c6ccccc65)c5c(cc43)c3ccccc3n5-c3nc(-c4ccccc4)nc(-c4cccc(-c5ccccc5)c4)n3)cc2)cc1. The summed E-state index contributed by atoms with van der Waals surface area (Å²) in [7, 11) is 0. The molecular weight excluding hydrogens is 841 g/mol. The first-order valence-electron chi connectivity index (χ1n) is 23.4. The predicted molar refractivity (Wildman–Crippen MR) is 285 cm³/mol. The van der Waals surface area contributed by atoms with E-state index in [0.717, 1.165) is 88.3 Å². The van der Waals surface area contributed by atoms with Crippen LogP contribution in [-0.2, 0) is 0 Å². The molecule has 4 aromatic heterocycles. The van der Waals surface area contributed by atoms with Gasteiger partial charge in [0, 0.05) is 49.1 Å². The highest BCUT2D eigenvalue weighted by Crippen LogP contribution is 2.47. The maximum Gasteiger partial charge on any atom is 0.238 e. The molecule has 0 radical (unpaired) electrons. The van der Waals surface area contributed by atoms with E-state index in [-0.39, 0.29) is 0 Å². The van der Waals surface area contributed by atoms with E-state index >= 15 is 0 Å². The molecule has 14 rings (SSSR count). The number of hydrogen-bond acceptors (Lipinski definition) is 3. The van der Waals surface area contributed by atoms with Crippen LogP contribution in [0.3, 0.4) is 0 Å². The zero-order valence-electron chi connectivity index (χ0n) is 37.3. The Hall–Kier alpha value is -9.39. The van der Waals surface area contributed by atoms with Crippen LogP contribution in [0, 0.1) is 0 Å². The summed E-state index contributed by atoms with van der Waals surface area (Å²) in [5.41, 5.74) is 15.0. The summed E-state index contributed by atoms with van der Waals surface area (Å²) in [6, 6.07) is 86.3. The molecule has 10 aromatic carbocycles. The van der Waals surface area contributed by atoms with Crippen molar-refractivity contribution in [1.29, 1.82) is 0 Å². The Morgan fingerprint density at radius 2 is 0.696 bits per heavy atom. The largest absolute Gasteiger partial charge is 0.309 e. The first-order chi connectivity index (χ1) is 34.2. The Balaban J connectivity index is 1.14. The summed E-state index contributed by atoms with van der Waals surface area (Å²) in [5.74, 6) is 1.73. The molecule has 0 unspecified atom stereocenters. The standard InChI is InChI=1S/C63H40N6/c1-4-19-41(20-5-1)43-35-37-47(38-36-43)67-56-34-17-13-30-51(56)58-57(67)40-52-50-29-12-16-33-55(50)69(59(52)60(58)68-53-31-14-10-27-48(53)49-28-11-15-32-54(49)68)63-65-61(44-23-8-3-9-24-44)64-62(66-63)46-26-18-25-45(39-46)42-21-6-2-7-22-42/h1-40H. The number of rotatable bonds is 7. The number of aromatic nitrogens is 6. The normalized spacial score (nSPS) is 11.8. The molecule has 322 valence electrons. The third kappa shape index (κ3) is 6.16. The topological polar surface area (TPSA) is 53.5 Å². The van der Waals surface area contributed by atoms with Gasteiger partial charge in [0.25, 0.3) is 0 Å². The Morgan fingerprint density at radius 1 is 0.261 bits per heavy atom. The lowest BCUT2D eigenvalue weighted by atomic mass is 10.0. The lowest BCUT2D eigenvalue weighted by Gasteiger charge is -2.17. The summed E-state index contributed by atoms with van der Waals surface area (Å²) in [6.07, 6.45) is 0. The van der Waals surface area contributed by atoms with E-state index < -0.39 is 0 Å². The van der Waals surface area contributed by atoms with E-state index in [2.05, 4.69) is 232 Å². The van der Waals surface area contributed by atoms with Crippen LogP contribution in [0.15, 0.2) is 243 Å². The minimum atomic E-state index is 0.539. The number of nitrogens with zero attached hydrogens (tertiary/aromatic N) is 6. The molecule has 0 saturated heterocycles. The molecule has 0 aliphatic rings. The van der Waals surface area contributed by atoms with Gasteiger partial charge in [0.05, 0.1) is 38.8 Å². The van der Waals surface area contributed by atoms with E-state index in [1.165, 1.54) is 21.9 Å². The van der Waals surface area contributed by atoms with Crippen molar-refractivity contribution in [3.05, 3.63) is 243 Å². The fraction of sp³-hybridized carbons (Fsp3) is 0. The minimum absolute atomic E-state index is 0.539. The van der Waals surface area contributed by atoms with Crippen LogP contribution in [0.5, 0.6) is 0 Å². The molecule has 0 bridgehead atoms. The highest BCUT2D eigenvalue weighted by atomic mass is 15.2. The summed E-state index contributed by atoms with van der Waals surface area (Å²) in [6.45, 7) is 0. The number of benzene rings is 10. The van der Waals surface area contributed by atoms with Crippen molar-refractivity contribution in [3.8, 4) is 62.4 Å². The monoisotopic (exact) mass is 880 g/mol. The van der Waals surface area contributed by atoms with E-state index in [1.54, 1.807) is 0 Å². The number of fused-ring (bicyclic) bond motifs is 9. The van der Waals surface area contributed by atoms with E-state index in [0.29, 0.717) is 17.6 Å². The molecule has 0 aliphatic carbocycles. The molecular formula is C63H40N6. The molecule has 6 nitrogen and oxygen atoms in total. The van der Waals surface area contributed by atoms with Crippen molar-refractivity contribution >= 4 is 65.4 Å². The third-order valence-electron chi connectivity index (χ3n) is 13.7. The third-order valence-corrected chi connectivity index (χ3v) is 13.7. The molecule has 14 aromatic rings. The Kier molecular flexibility index (Phi) is 8.79. The van der Waals surface area contributed by atoms with Crippen LogP contribution in [0.25, 0.3) is 128 Å². The van der Waals surface area contributed by atoms with Gasteiger partial charge in [-0.05, 0) is 70.8 Å². The highest BCUT2D eigenvalue weighted by Gasteiger charge is 2.28. The average molecular weight is 881 g/mol. The van der Waals surface area contributed by atoms with Gasteiger partial charge in [-0.25, -0.2) is 4.98 Å². The Bertz CT molecular complexity index is 4230. The van der Waals surface area contributed by atoms with Gasteiger partial charge in [0.15, 0.2) is 11.6 Å². The van der Waals surface area contributed by atoms with Crippen molar-refractivity contribution in [2.75, 3.05) is 0 Å². The molecule has 0 saturated carbocycles. The maximum absolute atomic E-state index is 5.51. The van der Waals surface area contributed by atoms with E-state index in [1.807, 2.05) is 24.3 Å². The van der Waals surface area contributed by atoms with Gasteiger partial charge in [-0.1, -0.05) is 194 Å². The van der Waals surface area contributed by atoms with Gasteiger partial charge in [-0.3, -0.25) is 4.57 Å². The van der Waals surface area contributed by atoms with Crippen LogP contribution in [0.4, 0.5) is 0 Å². The van der Waals surface area contributed by atoms with Crippen molar-refractivity contribution in [1.82, 2.24) is 28.7 Å². The smallest absolute Gasteiger partial charge is 0.238 e. The molecule has 0 fully saturated rings. The van der Waals surface area contributed by atoms with Gasteiger partial charge in [0.1, 0.15) is 0 Å². The van der Waals surface area contributed by atoms with Crippen LogP contribution >= 0.6 is 0 Å². The second-order valence-corrected chi connectivity index (χ2v) is 17.6. The first-order valence-corrected chi connectivity index (χ1v) is 23.4. The van der Waals surface area contributed by atoms with Crippen molar-refractivity contribution < 1.29 is 0 Å². The lowest BCUT2D eigenvalue weighted by molar-refractivity contribution is 0.950. The number of para-hydroxylation sites is 4. The fourth-order valence-corrected chi connectivity index (χ4v) is 10.6. The first kappa shape index (κ1) is 38.8. The van der Waals surface area contributed by atoms with Crippen molar-refractivity contribution in [2.45, 2.75) is 0 Å². The Labute approximate surface area is 397 Å². The summed E-state index contributed by atoms with van der Waals surface area (Å²) >= 11 is 0. The maximum atomic E-state index is 5.51. The Morgan fingerprint density at radius 3 is 1.30 bits per heavy atom. The van der Waals surface area contributed by atoms with Gasteiger partial charge in [-0.15, -0.1) is 0 Å². The molecule has 0 N–H and O–H groups in total. The zero-order chi connectivity index (χ0) is 45.4. The zero-order valence-corrected chi connectivity index (χ0v) is 37.3. The van der Waals surface area contributed by atoms with Gasteiger partial charge in [-0.2, -0.15) is 9.97 Å². The summed E-state index contributed by atoms with van der Waals surface area (Å²) in [4.78, 5) is 16.2. The molecule has 69 heavy (non-hydrogen) atoms. The quantitative estimate of drug-likeness (QED) is 0.160. The van der Waals surface area contributed by atoms with Crippen molar-refractivity contribution in [3.63, 3.8) is 0 Å². The fourth-order valence-electron chi connectivity index (χ4n) is 10.6. The van der Waals surface area contributed by atoms with E-state index in [9.17, 15) is 0 Å². The predicted octanol–water partition coefficient (Wildman–Crippen LogP) is 15.8. The van der Waals surface area contributed by atoms with E-state index in [4.69, 9.17) is 15.0 Å². The second kappa shape index (κ2) is 15.6. The lowest BCUT2D eigenvalue weighted by Crippen LogP contribution is -2.08. The molecule has 0 atom stereocenters. The molecule has 0 aliphatic heterocycles. The van der Waals surface area contributed by atoms with Crippen molar-refractivity contribution in [2.24, 2.45) is 0 Å². The minimum Gasteiger partial charge on any atom is -0.309 e. The molecule has 0 amide bonds. The van der Waals surface area contributed by atoms with Crippen LogP contribution < -0.4 is 0 Å². The molecule has 0 spiro atoms.